The van der Waals surface area contributed by atoms with Crippen LogP contribution in [0.5, 0.6) is 17.2 Å². The standard InChI is InChI=1S/C25H23BrN2O5/c1-16-7-6-8-17(2)24(16)32-15-23(29)28-27-14-18-11-12-21(22(13-18)31-3)33-25(30)19-9-4-5-10-20(19)26/h4-14H,15H2,1-3H3,(H,28,29)/b27-14-. The fourth-order valence-electron chi connectivity index (χ4n) is 3.01. The molecule has 0 atom stereocenters. The fourth-order valence-corrected chi connectivity index (χ4v) is 3.45. The Hall–Kier alpha value is -3.65. The van der Waals surface area contributed by atoms with Crippen LogP contribution in [-0.2, 0) is 4.79 Å². The number of nitrogens with one attached hydrogen (secondary N) is 1. The molecule has 0 aliphatic heterocycles. The summed E-state index contributed by atoms with van der Waals surface area (Å²) >= 11 is 3.34. The van der Waals surface area contributed by atoms with Crippen LogP contribution in [0.25, 0.3) is 0 Å². The average molecular weight is 511 g/mol. The maximum absolute atomic E-state index is 12.4. The van der Waals surface area contributed by atoms with Gasteiger partial charge in [0.05, 0.1) is 18.9 Å². The van der Waals surface area contributed by atoms with Crippen molar-refractivity contribution in [2.24, 2.45) is 5.10 Å². The largest absolute Gasteiger partial charge is 0.493 e. The molecule has 0 saturated heterocycles. The van der Waals surface area contributed by atoms with Gasteiger partial charge in [0.1, 0.15) is 5.75 Å². The van der Waals surface area contributed by atoms with Crippen LogP contribution in [0.1, 0.15) is 27.0 Å². The minimum Gasteiger partial charge on any atom is -0.493 e. The van der Waals surface area contributed by atoms with Gasteiger partial charge in [-0.1, -0.05) is 30.3 Å². The van der Waals surface area contributed by atoms with Crippen LogP contribution in [0, 0.1) is 13.8 Å². The third-order valence-electron chi connectivity index (χ3n) is 4.64. The summed E-state index contributed by atoms with van der Waals surface area (Å²) in [7, 11) is 1.47. The molecule has 1 amide bonds. The second-order valence-electron chi connectivity index (χ2n) is 7.08. The highest BCUT2D eigenvalue weighted by Crippen LogP contribution is 2.29. The van der Waals surface area contributed by atoms with Crippen molar-refractivity contribution >= 4 is 34.0 Å². The van der Waals surface area contributed by atoms with Crippen LogP contribution in [0.4, 0.5) is 0 Å². The molecule has 0 aromatic heterocycles. The summed E-state index contributed by atoms with van der Waals surface area (Å²) < 4.78 is 17.0. The summed E-state index contributed by atoms with van der Waals surface area (Å²) in [5.74, 6) is 0.401. The molecule has 0 radical (unpaired) electrons. The Morgan fingerprint density at radius 2 is 1.73 bits per heavy atom. The number of hydrazone groups is 1. The highest BCUT2D eigenvalue weighted by molar-refractivity contribution is 9.10. The Balaban J connectivity index is 1.59. The summed E-state index contributed by atoms with van der Waals surface area (Å²) in [4.78, 5) is 24.5. The molecule has 170 valence electrons. The number of benzene rings is 3. The van der Waals surface area contributed by atoms with E-state index in [1.807, 2.05) is 38.1 Å². The molecular formula is C25H23BrN2O5. The van der Waals surface area contributed by atoms with E-state index in [9.17, 15) is 9.59 Å². The van der Waals surface area contributed by atoms with Gasteiger partial charge in [0.2, 0.25) is 0 Å². The fraction of sp³-hybridized carbons (Fsp3) is 0.160. The van der Waals surface area contributed by atoms with E-state index in [0.29, 0.717) is 27.1 Å². The predicted octanol–water partition coefficient (Wildman–Crippen LogP) is 4.82. The van der Waals surface area contributed by atoms with Crippen LogP contribution in [-0.4, -0.2) is 31.8 Å². The molecule has 3 aromatic rings. The Morgan fingerprint density at radius 1 is 1.00 bits per heavy atom. The second kappa shape index (κ2) is 11.3. The van der Waals surface area contributed by atoms with E-state index < -0.39 is 5.97 Å². The molecule has 1 N–H and O–H groups in total. The molecule has 0 aliphatic carbocycles. The molecule has 3 aromatic carbocycles. The first-order valence-corrected chi connectivity index (χ1v) is 10.8. The highest BCUT2D eigenvalue weighted by Gasteiger charge is 2.15. The van der Waals surface area contributed by atoms with E-state index in [1.54, 1.807) is 36.4 Å². The van der Waals surface area contributed by atoms with Crippen molar-refractivity contribution in [2.45, 2.75) is 13.8 Å². The number of amides is 1. The van der Waals surface area contributed by atoms with Gasteiger partial charge in [0.25, 0.3) is 5.91 Å². The lowest BCUT2D eigenvalue weighted by atomic mass is 10.1. The Labute approximate surface area is 200 Å². The molecule has 0 heterocycles. The second-order valence-corrected chi connectivity index (χ2v) is 7.94. The van der Waals surface area contributed by atoms with Crippen LogP contribution >= 0.6 is 15.9 Å². The lowest BCUT2D eigenvalue weighted by Gasteiger charge is -2.11. The van der Waals surface area contributed by atoms with Gasteiger partial charge in [-0.25, -0.2) is 10.2 Å². The molecule has 0 aliphatic rings. The SMILES string of the molecule is COc1cc(/C=N\NC(=O)COc2c(C)cccc2C)ccc1OC(=O)c1ccccc1Br. The monoisotopic (exact) mass is 510 g/mol. The van der Waals surface area contributed by atoms with Crippen LogP contribution < -0.4 is 19.6 Å². The molecular weight excluding hydrogens is 488 g/mol. The summed E-state index contributed by atoms with van der Waals surface area (Å²) in [5, 5.41) is 3.95. The first kappa shape index (κ1) is 24.0. The molecule has 0 bridgehead atoms. The van der Waals surface area contributed by atoms with Gasteiger partial charge >= 0.3 is 5.97 Å². The van der Waals surface area contributed by atoms with E-state index in [2.05, 4.69) is 26.5 Å². The smallest absolute Gasteiger partial charge is 0.344 e. The molecule has 0 saturated carbocycles. The van der Waals surface area contributed by atoms with Gasteiger partial charge in [-0.15, -0.1) is 0 Å². The van der Waals surface area contributed by atoms with Crippen molar-refractivity contribution < 1.29 is 23.8 Å². The van der Waals surface area contributed by atoms with Gasteiger partial charge < -0.3 is 14.2 Å². The molecule has 3 rings (SSSR count). The van der Waals surface area contributed by atoms with Gasteiger partial charge in [-0.3, -0.25) is 4.79 Å². The minimum absolute atomic E-state index is 0.156. The van der Waals surface area contributed by atoms with Gasteiger partial charge in [0.15, 0.2) is 18.1 Å². The zero-order chi connectivity index (χ0) is 23.8. The molecule has 8 heteroatoms. The summed E-state index contributed by atoms with van der Waals surface area (Å²) in [5.41, 5.74) is 5.38. The normalized spacial score (nSPS) is 10.7. The van der Waals surface area contributed by atoms with E-state index >= 15 is 0 Å². The number of hydrogen-bond acceptors (Lipinski definition) is 6. The average Bonchev–Trinajstić information content (AvgIpc) is 2.79. The predicted molar refractivity (Wildman–Crippen MR) is 129 cm³/mol. The van der Waals surface area contributed by atoms with Crippen molar-refractivity contribution in [3.05, 3.63) is 87.4 Å². The van der Waals surface area contributed by atoms with Gasteiger partial charge in [-0.2, -0.15) is 5.10 Å². The first-order chi connectivity index (χ1) is 15.9. The third kappa shape index (κ3) is 6.43. The van der Waals surface area contributed by atoms with E-state index in [1.165, 1.54) is 13.3 Å². The number of carbonyl (C=O) groups excluding carboxylic acids is 2. The summed E-state index contributed by atoms with van der Waals surface area (Å²) in [6.07, 6.45) is 1.46. The maximum Gasteiger partial charge on any atom is 0.344 e. The number of aryl methyl sites for hydroxylation is 2. The number of hydrogen-bond donors (Lipinski definition) is 1. The van der Waals surface area contributed by atoms with Gasteiger partial charge in [0, 0.05) is 4.47 Å². The number of ether oxygens (including phenoxy) is 3. The molecule has 33 heavy (non-hydrogen) atoms. The van der Waals surface area contributed by atoms with Crippen molar-refractivity contribution in [3.63, 3.8) is 0 Å². The third-order valence-corrected chi connectivity index (χ3v) is 5.33. The maximum atomic E-state index is 12.4. The molecule has 0 fully saturated rings. The highest BCUT2D eigenvalue weighted by atomic mass is 79.9. The number of nitrogens with zero attached hydrogens (tertiary/aromatic N) is 1. The Morgan fingerprint density at radius 3 is 2.42 bits per heavy atom. The first-order valence-electron chi connectivity index (χ1n) is 10.0. The quantitative estimate of drug-likeness (QED) is 0.203. The molecule has 0 unspecified atom stereocenters. The summed E-state index contributed by atoms with van der Waals surface area (Å²) in [6.45, 7) is 3.69. The van der Waals surface area contributed by atoms with Gasteiger partial charge in [-0.05, 0) is 76.8 Å². The van der Waals surface area contributed by atoms with Crippen molar-refractivity contribution in [3.8, 4) is 17.2 Å². The summed E-state index contributed by atoms with van der Waals surface area (Å²) in [6, 6.07) is 17.7. The van der Waals surface area contributed by atoms with E-state index in [4.69, 9.17) is 14.2 Å². The minimum atomic E-state index is -0.515. The van der Waals surface area contributed by atoms with E-state index in [0.717, 1.165) is 11.1 Å². The van der Waals surface area contributed by atoms with Crippen LogP contribution in [0.3, 0.4) is 0 Å². The number of halogens is 1. The van der Waals surface area contributed by atoms with E-state index in [-0.39, 0.29) is 18.3 Å². The zero-order valence-corrected chi connectivity index (χ0v) is 20.0. The number of methoxy groups -OCH3 is 1. The number of carbonyl (C=O) groups is 2. The number of para-hydroxylation sites is 1. The van der Waals surface area contributed by atoms with Crippen molar-refractivity contribution in [1.29, 1.82) is 0 Å². The molecule has 7 nitrogen and oxygen atoms in total. The number of esters is 1. The van der Waals surface area contributed by atoms with Crippen LogP contribution in [0.15, 0.2) is 70.2 Å². The lowest BCUT2D eigenvalue weighted by Crippen LogP contribution is -2.25. The molecule has 0 spiro atoms. The zero-order valence-electron chi connectivity index (χ0n) is 18.4. The number of rotatable bonds is 8. The Bertz CT molecular complexity index is 1170. The van der Waals surface area contributed by atoms with Crippen molar-refractivity contribution in [2.75, 3.05) is 13.7 Å². The Kier molecular flexibility index (Phi) is 8.21. The van der Waals surface area contributed by atoms with Crippen LogP contribution in [0.2, 0.25) is 0 Å². The van der Waals surface area contributed by atoms with Crippen molar-refractivity contribution in [1.82, 2.24) is 5.43 Å². The topological polar surface area (TPSA) is 86.2 Å². The lowest BCUT2D eigenvalue weighted by molar-refractivity contribution is -0.123.